The van der Waals surface area contributed by atoms with Gasteiger partial charge in [-0.25, -0.2) is 9.97 Å². The highest BCUT2D eigenvalue weighted by Gasteiger charge is 2.37. The van der Waals surface area contributed by atoms with Gasteiger partial charge < -0.3 is 4.74 Å². The number of ether oxygens (including phenoxy) is 1. The minimum atomic E-state index is 0.101. The third-order valence-electron chi connectivity index (χ3n) is 2.70. The molecule has 1 saturated carbocycles. The summed E-state index contributed by atoms with van der Waals surface area (Å²) in [6, 6.07) is 1.83. The normalized spacial score (nSPS) is 18.9. The Morgan fingerprint density at radius 1 is 1.43 bits per heavy atom. The van der Waals surface area contributed by atoms with E-state index in [9.17, 15) is 0 Å². The highest BCUT2D eigenvalue weighted by Crippen LogP contribution is 2.38. The molecule has 14 heavy (non-hydrogen) atoms. The molecule has 0 aliphatic heterocycles. The average molecular weight is 210 g/mol. The van der Waals surface area contributed by atoms with Gasteiger partial charge in [-0.15, -0.1) is 0 Å². The van der Waals surface area contributed by atoms with Crippen LogP contribution >= 0.6 is 11.8 Å². The first-order valence-corrected chi connectivity index (χ1v) is 5.78. The summed E-state index contributed by atoms with van der Waals surface area (Å²) in [7, 11) is 1.80. The molecule has 0 saturated heterocycles. The zero-order valence-electron chi connectivity index (χ0n) is 8.27. The minimum Gasteiger partial charge on any atom is -0.377 e. The fourth-order valence-electron chi connectivity index (χ4n) is 1.53. The number of methoxy groups -OCH3 is 1. The van der Waals surface area contributed by atoms with E-state index in [1.165, 1.54) is 19.3 Å². The van der Waals surface area contributed by atoms with E-state index in [4.69, 9.17) is 4.74 Å². The molecule has 0 radical (unpaired) electrons. The lowest BCUT2D eigenvalue weighted by Crippen LogP contribution is -2.41. The van der Waals surface area contributed by atoms with Crippen LogP contribution in [0.15, 0.2) is 23.6 Å². The van der Waals surface area contributed by atoms with E-state index in [1.807, 2.05) is 6.07 Å². The van der Waals surface area contributed by atoms with E-state index in [2.05, 4.69) is 9.97 Å². The van der Waals surface area contributed by atoms with Crippen LogP contribution < -0.4 is 0 Å². The van der Waals surface area contributed by atoms with E-state index in [0.29, 0.717) is 0 Å². The molecule has 1 fully saturated rings. The van der Waals surface area contributed by atoms with Crippen LogP contribution in [0.2, 0.25) is 0 Å². The molecule has 2 rings (SSSR count). The van der Waals surface area contributed by atoms with Crippen molar-refractivity contribution in [3.63, 3.8) is 0 Å². The van der Waals surface area contributed by atoms with Crippen molar-refractivity contribution in [3.05, 3.63) is 18.5 Å². The summed E-state index contributed by atoms with van der Waals surface area (Å²) in [6.07, 6.45) is 7.17. The van der Waals surface area contributed by atoms with E-state index >= 15 is 0 Å². The summed E-state index contributed by atoms with van der Waals surface area (Å²) in [5, 5.41) is 0.843. The smallest absolute Gasteiger partial charge is 0.187 e. The van der Waals surface area contributed by atoms with Crippen LogP contribution in [0, 0.1) is 0 Å². The summed E-state index contributed by atoms with van der Waals surface area (Å²) in [4.78, 5) is 8.34. The van der Waals surface area contributed by atoms with Crippen LogP contribution in [0.3, 0.4) is 0 Å². The van der Waals surface area contributed by atoms with Crippen molar-refractivity contribution >= 4 is 11.8 Å². The van der Waals surface area contributed by atoms with E-state index in [-0.39, 0.29) is 5.60 Å². The lowest BCUT2D eigenvalue weighted by atomic mass is 9.82. The Kier molecular flexibility index (Phi) is 3.03. The SMILES string of the molecule is COC1(CSc2ncccn2)CCC1. The lowest BCUT2D eigenvalue weighted by Gasteiger charge is -2.39. The van der Waals surface area contributed by atoms with Crippen molar-refractivity contribution in [2.75, 3.05) is 12.9 Å². The number of hydrogen-bond acceptors (Lipinski definition) is 4. The number of thioether (sulfide) groups is 1. The molecular weight excluding hydrogens is 196 g/mol. The summed E-state index contributed by atoms with van der Waals surface area (Å²) < 4.78 is 5.52. The summed E-state index contributed by atoms with van der Waals surface area (Å²) in [6.45, 7) is 0. The number of hydrogen-bond donors (Lipinski definition) is 0. The zero-order chi connectivity index (χ0) is 9.86. The van der Waals surface area contributed by atoms with Crippen LogP contribution in [0.4, 0.5) is 0 Å². The molecule has 3 nitrogen and oxygen atoms in total. The molecule has 4 heteroatoms. The second-order valence-corrected chi connectivity index (χ2v) is 4.50. The monoisotopic (exact) mass is 210 g/mol. The average Bonchev–Trinajstić information content (AvgIpc) is 2.19. The van der Waals surface area contributed by atoms with Crippen molar-refractivity contribution in [1.82, 2.24) is 9.97 Å². The Morgan fingerprint density at radius 2 is 2.14 bits per heavy atom. The van der Waals surface area contributed by atoms with Crippen molar-refractivity contribution in [2.45, 2.75) is 30.0 Å². The quantitative estimate of drug-likeness (QED) is 0.563. The minimum absolute atomic E-state index is 0.101. The Bertz CT molecular complexity index is 282. The van der Waals surface area contributed by atoms with Crippen molar-refractivity contribution < 1.29 is 4.74 Å². The number of rotatable bonds is 4. The Hall–Kier alpha value is -0.610. The van der Waals surface area contributed by atoms with Gasteiger partial charge in [-0.3, -0.25) is 0 Å². The Labute approximate surface area is 88.3 Å². The van der Waals surface area contributed by atoms with E-state index in [1.54, 1.807) is 31.3 Å². The third-order valence-corrected chi connectivity index (χ3v) is 3.84. The van der Waals surface area contributed by atoms with Crippen LogP contribution in [0.1, 0.15) is 19.3 Å². The van der Waals surface area contributed by atoms with Gasteiger partial charge in [0.2, 0.25) is 0 Å². The topological polar surface area (TPSA) is 35.0 Å². The lowest BCUT2D eigenvalue weighted by molar-refractivity contribution is -0.0513. The van der Waals surface area contributed by atoms with Crippen LogP contribution in [-0.2, 0) is 4.74 Å². The maximum absolute atomic E-state index is 5.52. The molecule has 1 aliphatic rings. The maximum atomic E-state index is 5.52. The molecule has 1 heterocycles. The van der Waals surface area contributed by atoms with E-state index in [0.717, 1.165) is 10.9 Å². The van der Waals surface area contributed by atoms with Crippen molar-refractivity contribution in [3.8, 4) is 0 Å². The highest BCUT2D eigenvalue weighted by molar-refractivity contribution is 7.99. The molecule has 1 aromatic heterocycles. The molecule has 76 valence electrons. The molecule has 1 aromatic rings. The second-order valence-electron chi connectivity index (χ2n) is 3.56. The maximum Gasteiger partial charge on any atom is 0.187 e. The standard InChI is InChI=1S/C10H14N2OS/c1-13-10(4-2-5-10)8-14-9-11-6-3-7-12-9/h3,6-7H,2,4-5,8H2,1H3. The van der Waals surface area contributed by atoms with Gasteiger partial charge in [-0.2, -0.15) is 0 Å². The van der Waals surface area contributed by atoms with Gasteiger partial charge >= 0.3 is 0 Å². The summed E-state index contributed by atoms with van der Waals surface area (Å²) >= 11 is 1.68. The molecule has 0 unspecified atom stereocenters. The van der Waals surface area contributed by atoms with Crippen molar-refractivity contribution in [1.29, 1.82) is 0 Å². The Morgan fingerprint density at radius 3 is 2.64 bits per heavy atom. The third kappa shape index (κ3) is 2.07. The van der Waals surface area contributed by atoms with Gasteiger partial charge in [-0.05, 0) is 25.3 Å². The first-order valence-electron chi connectivity index (χ1n) is 4.80. The largest absolute Gasteiger partial charge is 0.377 e. The van der Waals surface area contributed by atoms with Gasteiger partial charge in [0.25, 0.3) is 0 Å². The Balaban J connectivity index is 1.88. The van der Waals surface area contributed by atoms with Crippen LogP contribution in [0.5, 0.6) is 0 Å². The summed E-state index contributed by atoms with van der Waals surface area (Å²) in [5.41, 5.74) is 0.101. The van der Waals surface area contributed by atoms with Gasteiger partial charge in [0, 0.05) is 25.3 Å². The van der Waals surface area contributed by atoms with Gasteiger partial charge in [0.15, 0.2) is 5.16 Å². The van der Waals surface area contributed by atoms with Crippen LogP contribution in [-0.4, -0.2) is 28.4 Å². The second kappa shape index (κ2) is 4.28. The molecule has 0 atom stereocenters. The van der Waals surface area contributed by atoms with Crippen molar-refractivity contribution in [2.24, 2.45) is 0 Å². The molecule has 0 spiro atoms. The highest BCUT2D eigenvalue weighted by atomic mass is 32.2. The molecular formula is C10H14N2OS. The predicted octanol–water partition coefficient (Wildman–Crippen LogP) is 2.14. The molecule has 0 N–H and O–H groups in total. The fourth-order valence-corrected chi connectivity index (χ4v) is 2.60. The van der Waals surface area contributed by atoms with Gasteiger partial charge in [0.1, 0.15) is 0 Å². The van der Waals surface area contributed by atoms with Crippen LogP contribution in [0.25, 0.3) is 0 Å². The predicted molar refractivity (Wildman–Crippen MR) is 56.3 cm³/mol. The van der Waals surface area contributed by atoms with E-state index < -0.39 is 0 Å². The molecule has 0 aromatic carbocycles. The molecule has 0 bridgehead atoms. The first-order chi connectivity index (χ1) is 6.85. The molecule has 0 amide bonds. The molecule has 1 aliphatic carbocycles. The fraction of sp³-hybridized carbons (Fsp3) is 0.600. The van der Waals surface area contributed by atoms with Gasteiger partial charge in [-0.1, -0.05) is 11.8 Å². The summed E-state index contributed by atoms with van der Waals surface area (Å²) in [5.74, 6) is 0.966. The number of nitrogens with zero attached hydrogens (tertiary/aromatic N) is 2. The first kappa shape index (κ1) is 9.93. The zero-order valence-corrected chi connectivity index (χ0v) is 9.09. The number of aromatic nitrogens is 2. The van der Waals surface area contributed by atoms with Gasteiger partial charge in [0.05, 0.1) is 5.60 Å².